The van der Waals surface area contributed by atoms with Gasteiger partial charge >= 0.3 is 5.69 Å². The lowest BCUT2D eigenvalue weighted by Gasteiger charge is -2.43. The largest absolute Gasteiger partial charge is 0.405 e. The summed E-state index contributed by atoms with van der Waals surface area (Å²) in [4.78, 5) is 27.7. The van der Waals surface area contributed by atoms with Gasteiger partial charge in [-0.2, -0.15) is 0 Å². The topological polar surface area (TPSA) is 91.8 Å². The molecule has 3 fully saturated rings. The van der Waals surface area contributed by atoms with Gasteiger partial charge in [-0.1, -0.05) is 105 Å². The zero-order valence-corrected chi connectivity index (χ0v) is 32.2. The van der Waals surface area contributed by atoms with Crippen molar-refractivity contribution in [2.75, 3.05) is 6.61 Å². The van der Waals surface area contributed by atoms with Crippen LogP contribution in [-0.4, -0.2) is 47.5 Å². The van der Waals surface area contributed by atoms with Crippen LogP contribution >= 0.6 is 17.1 Å². The van der Waals surface area contributed by atoms with Gasteiger partial charge in [0, 0.05) is 22.9 Å². The number of H-pyrrole nitrogens is 1. The van der Waals surface area contributed by atoms with Gasteiger partial charge in [-0.25, -0.2) is 4.79 Å². The zero-order chi connectivity index (χ0) is 34.5. The van der Waals surface area contributed by atoms with E-state index >= 15 is 0 Å². The number of hydrogen-bond acceptors (Lipinski definition) is 8. The van der Waals surface area contributed by atoms with Crippen molar-refractivity contribution in [2.24, 2.45) is 5.92 Å². The molecule has 0 radical (unpaired) electrons. The van der Waals surface area contributed by atoms with Gasteiger partial charge in [0.15, 0.2) is 0 Å². The highest BCUT2D eigenvalue weighted by Crippen LogP contribution is 2.76. The third-order valence-corrected chi connectivity index (χ3v) is 21.0. The van der Waals surface area contributed by atoms with Crippen LogP contribution in [0.15, 0.2) is 88.6 Å². The molecular weight excluding hydrogens is 680 g/mol. The van der Waals surface area contributed by atoms with Crippen LogP contribution < -0.4 is 21.6 Å². The summed E-state index contributed by atoms with van der Waals surface area (Å²) in [7, 11) is -2.91. The summed E-state index contributed by atoms with van der Waals surface area (Å²) in [6.07, 6.45) is 3.12. The first-order chi connectivity index (χ1) is 22.6. The monoisotopic (exact) mass is 726 g/mol. The van der Waals surface area contributed by atoms with Crippen molar-refractivity contribution in [2.45, 2.75) is 102 Å². The molecule has 7 atom stereocenters. The summed E-state index contributed by atoms with van der Waals surface area (Å²) in [5.74, 6) is 0.410. The maximum absolute atomic E-state index is 13.0. The quantitative estimate of drug-likeness (QED) is 0.150. The van der Waals surface area contributed by atoms with Gasteiger partial charge in [0.25, 0.3) is 13.9 Å². The van der Waals surface area contributed by atoms with E-state index in [2.05, 4.69) is 94.7 Å². The van der Waals surface area contributed by atoms with E-state index in [4.69, 9.17) is 30.0 Å². The smallest absolute Gasteiger partial charge is 0.330 e. The molecule has 0 bridgehead atoms. The predicted octanol–water partition coefficient (Wildman–Crippen LogP) is 6.59. The van der Waals surface area contributed by atoms with Crippen LogP contribution in [0.4, 0.5) is 0 Å². The van der Waals surface area contributed by atoms with Gasteiger partial charge in [0.1, 0.15) is 12.3 Å². The summed E-state index contributed by atoms with van der Waals surface area (Å²) >= 11 is 7.92. The maximum Gasteiger partial charge on any atom is 0.330 e. The number of rotatable bonds is 9. The van der Waals surface area contributed by atoms with Gasteiger partial charge in [-0.15, -0.1) is 0 Å². The fourth-order valence-corrected chi connectivity index (χ4v) is 19.7. The molecule has 1 saturated carbocycles. The predicted molar refractivity (Wildman–Crippen MR) is 200 cm³/mol. The van der Waals surface area contributed by atoms with Crippen molar-refractivity contribution in [3.8, 4) is 0 Å². The van der Waals surface area contributed by atoms with Crippen LogP contribution in [0.2, 0.25) is 5.04 Å². The van der Waals surface area contributed by atoms with E-state index in [0.717, 1.165) is 29.6 Å². The average Bonchev–Trinajstić information content (AvgIpc) is 3.54. The second kappa shape index (κ2) is 13.6. The van der Waals surface area contributed by atoms with Gasteiger partial charge in [-0.3, -0.25) is 14.3 Å². The van der Waals surface area contributed by atoms with Crippen molar-refractivity contribution in [1.29, 1.82) is 0 Å². The van der Waals surface area contributed by atoms with Gasteiger partial charge in [0.2, 0.25) is 5.69 Å². The van der Waals surface area contributed by atoms with Crippen LogP contribution in [-0.2, 0) is 30.0 Å². The molecule has 6 rings (SSSR count). The van der Waals surface area contributed by atoms with Crippen LogP contribution in [0.1, 0.15) is 72.1 Å². The third kappa shape index (κ3) is 6.82. The van der Waals surface area contributed by atoms with Crippen molar-refractivity contribution < 1.29 is 18.2 Å². The lowest BCUT2D eigenvalue weighted by atomic mass is 9.77. The van der Waals surface area contributed by atoms with E-state index in [0.29, 0.717) is 17.9 Å². The molecule has 1 N–H and O–H groups in total. The summed E-state index contributed by atoms with van der Waals surface area (Å²) in [5, 5.41) is 2.08. The van der Waals surface area contributed by atoms with Gasteiger partial charge in [-0.05, 0) is 73.2 Å². The molecule has 2 saturated heterocycles. The number of nitrogens with one attached hydrogen (secondary N) is 1. The SMILES string of the molecule is C=C(C)[C@H]1CC[C@@]2(C)SP(=S)(O[C@H]3C[C@H](n4cc(C)c(=O)[nH]c4=O)O[C@@H]3CO[Si](c3ccccc3)(c3ccccc3)C(C)(C)C)O[C@@H]2C1. The maximum atomic E-state index is 13.0. The molecule has 3 aromatic rings. The minimum atomic E-state index is -2.91. The van der Waals surface area contributed by atoms with Crippen molar-refractivity contribution in [1.82, 2.24) is 9.55 Å². The second-order valence-corrected chi connectivity index (χ2v) is 25.6. The molecule has 8 nitrogen and oxygen atoms in total. The minimum Gasteiger partial charge on any atom is -0.405 e. The fraction of sp³-hybridized carbons (Fsp3) is 0.500. The number of aromatic nitrogens is 2. The first-order valence-electron chi connectivity index (χ1n) is 16.7. The molecular formula is C36H47N2O6PS2Si. The lowest BCUT2D eigenvalue weighted by molar-refractivity contribution is -0.0394. The molecule has 0 spiro atoms. The Morgan fingerprint density at radius 1 is 1.12 bits per heavy atom. The summed E-state index contributed by atoms with van der Waals surface area (Å²) in [6, 6.07) is 20.9. The Kier molecular flexibility index (Phi) is 10.1. The van der Waals surface area contributed by atoms with Gasteiger partial charge in [0.05, 0.1) is 18.8 Å². The Balaban J connectivity index is 1.34. The van der Waals surface area contributed by atoms with Crippen LogP contribution in [0.25, 0.3) is 0 Å². The highest BCUT2D eigenvalue weighted by atomic mass is 32.9. The molecule has 0 amide bonds. The summed E-state index contributed by atoms with van der Waals surface area (Å²) in [6.45, 7) is 17.2. The lowest BCUT2D eigenvalue weighted by Crippen LogP contribution is -2.67. The molecule has 2 aromatic carbocycles. The molecule has 258 valence electrons. The van der Waals surface area contributed by atoms with Crippen molar-refractivity contribution in [3.63, 3.8) is 0 Å². The number of nitrogens with zero attached hydrogens (tertiary/aromatic N) is 1. The van der Waals surface area contributed by atoms with E-state index in [1.807, 2.05) is 12.1 Å². The third-order valence-electron chi connectivity index (χ3n) is 10.2. The second-order valence-electron chi connectivity index (χ2n) is 14.7. The number of fused-ring (bicyclic) bond motifs is 1. The number of benzene rings is 2. The molecule has 1 aliphatic carbocycles. The Bertz CT molecular complexity index is 1770. The van der Waals surface area contributed by atoms with Crippen LogP contribution in [0.5, 0.6) is 0 Å². The van der Waals surface area contributed by atoms with Crippen molar-refractivity contribution in [3.05, 3.63) is 105 Å². The van der Waals surface area contributed by atoms with E-state index in [-0.39, 0.29) is 22.5 Å². The molecule has 1 unspecified atom stereocenters. The van der Waals surface area contributed by atoms with Crippen LogP contribution in [0.3, 0.4) is 0 Å². The number of aryl methyl sites for hydroxylation is 1. The van der Waals surface area contributed by atoms with Gasteiger partial charge < -0.3 is 18.2 Å². The Morgan fingerprint density at radius 3 is 2.33 bits per heavy atom. The molecule has 2 aliphatic heterocycles. The summed E-state index contributed by atoms with van der Waals surface area (Å²) < 4.78 is 28.9. The highest BCUT2D eigenvalue weighted by Gasteiger charge is 2.56. The molecule has 1 aromatic heterocycles. The van der Waals surface area contributed by atoms with Crippen molar-refractivity contribution >= 4 is 47.6 Å². The van der Waals surface area contributed by atoms with E-state index in [1.54, 1.807) is 24.5 Å². The average molecular weight is 727 g/mol. The Labute approximate surface area is 293 Å². The normalized spacial score (nSPS) is 30.7. The number of hydrogen-bond donors (Lipinski definition) is 1. The van der Waals surface area contributed by atoms with Crippen LogP contribution in [0, 0.1) is 12.8 Å². The van der Waals surface area contributed by atoms with E-state index in [9.17, 15) is 9.59 Å². The number of allylic oxidation sites excluding steroid dienone is 1. The molecule has 48 heavy (non-hydrogen) atoms. The number of aromatic amines is 1. The minimum absolute atomic E-state index is 0.0156. The molecule has 3 aliphatic rings. The Morgan fingerprint density at radius 2 is 1.75 bits per heavy atom. The standard InChI is InChI=1S/C36H47N2O6PS2Si/c1-24(2)26-18-19-36(7)31(20-26)44-45(46,47-36)43-29-21-32(38-22-25(3)33(39)37-34(38)40)42-30(29)23-41-48(35(4,5)6,27-14-10-8-11-15-27)28-16-12-9-13-17-28/h8-17,22,26,29-32H,1,18-21,23H2,2-7H3,(H,37,39,40)/t26-,29-,30+,31+,32+,36+,45?/m0/s1. The highest BCUT2D eigenvalue weighted by molar-refractivity contribution is 8.68. The number of ether oxygens (including phenoxy) is 1. The fourth-order valence-electron chi connectivity index (χ4n) is 7.50. The van der Waals surface area contributed by atoms with E-state index < -0.39 is 43.7 Å². The first-order valence-corrected chi connectivity index (χ1v) is 22.7. The molecule has 12 heteroatoms. The van der Waals surface area contributed by atoms with E-state index in [1.165, 1.54) is 10.1 Å². The first kappa shape index (κ1) is 35.7. The summed E-state index contributed by atoms with van der Waals surface area (Å²) in [5.41, 5.74) is -2.13. The zero-order valence-electron chi connectivity index (χ0n) is 28.6. The Hall–Kier alpha value is -2.08. The molecule has 3 heterocycles.